The van der Waals surface area contributed by atoms with Gasteiger partial charge in [0.05, 0.1) is 16.4 Å². The minimum Gasteiger partial charge on any atom is -0.311 e. The van der Waals surface area contributed by atoms with Crippen molar-refractivity contribution in [2.75, 3.05) is 4.90 Å². The molecule has 294 valence electrons. The van der Waals surface area contributed by atoms with Crippen molar-refractivity contribution in [2.24, 2.45) is 0 Å². The van der Waals surface area contributed by atoms with Crippen LogP contribution in [0.3, 0.4) is 0 Å². The first-order valence-corrected chi connectivity index (χ1v) is 21.8. The van der Waals surface area contributed by atoms with E-state index in [-0.39, 0.29) is 0 Å². The lowest BCUT2D eigenvalue weighted by molar-refractivity contribution is 0.797. The second-order valence-corrected chi connectivity index (χ2v) is 16.8. The van der Waals surface area contributed by atoms with Gasteiger partial charge in [0.25, 0.3) is 0 Å². The van der Waals surface area contributed by atoms with E-state index in [4.69, 9.17) is 0 Å². The second kappa shape index (κ2) is 13.9. The van der Waals surface area contributed by atoms with Gasteiger partial charge in [-0.05, 0) is 116 Å². The largest absolute Gasteiger partial charge is 0.311 e. The highest BCUT2D eigenvalue weighted by atomic mass is 15.1. The molecule has 0 atom stereocenters. The third-order valence-electron chi connectivity index (χ3n) is 13.6. The van der Waals surface area contributed by atoms with Gasteiger partial charge in [0, 0.05) is 39.1 Å². The van der Waals surface area contributed by atoms with E-state index in [0.29, 0.717) is 0 Å². The van der Waals surface area contributed by atoms with Gasteiger partial charge in [-0.2, -0.15) is 0 Å². The first-order chi connectivity index (χ1) is 31.3. The summed E-state index contributed by atoms with van der Waals surface area (Å²) in [5, 5.41) is 2.52. The molecular weight excluding hydrogens is 761 g/mol. The van der Waals surface area contributed by atoms with E-state index in [0.717, 1.165) is 22.7 Å². The Hall–Kier alpha value is -8.20. The lowest BCUT2D eigenvalue weighted by Gasteiger charge is -2.31. The summed E-state index contributed by atoms with van der Waals surface area (Å²) < 4.78 is 2.54. The topological polar surface area (TPSA) is 8.17 Å². The van der Waals surface area contributed by atoms with Crippen LogP contribution in [0.5, 0.6) is 0 Å². The molecule has 0 N–H and O–H groups in total. The summed E-state index contributed by atoms with van der Waals surface area (Å²) >= 11 is 0. The summed E-state index contributed by atoms with van der Waals surface area (Å²) in [7, 11) is 0. The predicted molar refractivity (Wildman–Crippen MR) is 263 cm³/mol. The molecule has 2 aliphatic carbocycles. The molecule has 0 fully saturated rings. The molecule has 0 saturated heterocycles. The molecule has 0 aliphatic heterocycles. The van der Waals surface area contributed by atoms with Gasteiger partial charge >= 0.3 is 0 Å². The number of rotatable bonds is 6. The van der Waals surface area contributed by atoms with Gasteiger partial charge in [-0.3, -0.25) is 0 Å². The Morgan fingerprint density at radius 3 is 1.24 bits per heavy atom. The normalized spacial score (nSPS) is 12.9. The van der Waals surface area contributed by atoms with Gasteiger partial charge in [0.2, 0.25) is 0 Å². The number of nitrogens with zero attached hydrogens (tertiary/aromatic N) is 2. The number of hydrogen-bond donors (Lipinski definition) is 0. The predicted octanol–water partition coefficient (Wildman–Crippen LogP) is 15.9. The first kappa shape index (κ1) is 35.5. The zero-order chi connectivity index (χ0) is 41.5. The molecule has 13 rings (SSSR count). The highest BCUT2D eigenvalue weighted by Gasteiger charge is 2.53. The van der Waals surface area contributed by atoms with Crippen molar-refractivity contribution in [3.63, 3.8) is 0 Å². The molecule has 63 heavy (non-hydrogen) atoms. The highest BCUT2D eigenvalue weighted by Crippen LogP contribution is 2.64. The van der Waals surface area contributed by atoms with Gasteiger partial charge in [0.15, 0.2) is 0 Å². The highest BCUT2D eigenvalue weighted by molar-refractivity contribution is 6.14. The van der Waals surface area contributed by atoms with Gasteiger partial charge in [-0.25, -0.2) is 0 Å². The fraction of sp³-hybridized carbons (Fsp3) is 0.0164. The Bertz CT molecular complexity index is 3380. The van der Waals surface area contributed by atoms with E-state index < -0.39 is 5.41 Å². The van der Waals surface area contributed by atoms with Crippen molar-refractivity contribution >= 4 is 38.9 Å². The number of anilines is 3. The minimum atomic E-state index is -0.473. The van der Waals surface area contributed by atoms with Crippen LogP contribution in [0.25, 0.3) is 72.0 Å². The van der Waals surface area contributed by atoms with Crippen LogP contribution in [-0.4, -0.2) is 4.57 Å². The Balaban J connectivity index is 1.02. The molecule has 2 heteroatoms. The summed E-state index contributed by atoms with van der Waals surface area (Å²) in [6, 6.07) is 89.3. The van der Waals surface area contributed by atoms with Gasteiger partial charge < -0.3 is 9.47 Å². The number of hydrogen-bond acceptors (Lipinski definition) is 1. The Morgan fingerprint density at radius 2 is 0.714 bits per heavy atom. The lowest BCUT2D eigenvalue weighted by atomic mass is 9.70. The number of fused-ring (bicyclic) bond motifs is 14. The molecule has 1 aromatic heterocycles. The molecular formula is C61H40N2. The quantitative estimate of drug-likeness (QED) is 0.163. The Kier molecular flexibility index (Phi) is 7.85. The van der Waals surface area contributed by atoms with Crippen LogP contribution in [0.15, 0.2) is 243 Å². The van der Waals surface area contributed by atoms with Crippen molar-refractivity contribution < 1.29 is 0 Å². The van der Waals surface area contributed by atoms with Gasteiger partial charge in [0.1, 0.15) is 0 Å². The monoisotopic (exact) mass is 800 g/mol. The second-order valence-electron chi connectivity index (χ2n) is 16.8. The molecule has 2 nitrogen and oxygen atoms in total. The molecule has 0 amide bonds. The molecule has 10 aromatic carbocycles. The van der Waals surface area contributed by atoms with Crippen molar-refractivity contribution in [3.05, 3.63) is 265 Å². The smallest absolute Gasteiger partial charge is 0.0746 e. The Labute approximate surface area is 367 Å². The van der Waals surface area contributed by atoms with Crippen LogP contribution >= 0.6 is 0 Å². The molecule has 0 radical (unpaired) electrons. The maximum Gasteiger partial charge on any atom is 0.0746 e. The van der Waals surface area contributed by atoms with E-state index in [2.05, 4.69) is 252 Å². The zero-order valence-corrected chi connectivity index (χ0v) is 34.5. The van der Waals surface area contributed by atoms with Crippen LogP contribution in [0.4, 0.5) is 17.1 Å². The fourth-order valence-corrected chi connectivity index (χ4v) is 11.0. The molecule has 1 spiro atoms. The van der Waals surface area contributed by atoms with Crippen molar-refractivity contribution in [3.8, 4) is 50.2 Å². The summed E-state index contributed by atoms with van der Waals surface area (Å²) in [4.78, 5) is 2.37. The van der Waals surface area contributed by atoms with Gasteiger partial charge in [-0.15, -0.1) is 0 Å². The first-order valence-electron chi connectivity index (χ1n) is 21.8. The Morgan fingerprint density at radius 1 is 0.302 bits per heavy atom. The fourth-order valence-electron chi connectivity index (χ4n) is 11.0. The summed E-state index contributed by atoms with van der Waals surface area (Å²) in [6.07, 6.45) is 0. The maximum atomic E-state index is 2.54. The van der Waals surface area contributed by atoms with Crippen molar-refractivity contribution in [2.45, 2.75) is 5.41 Å². The summed E-state index contributed by atoms with van der Waals surface area (Å²) in [5.41, 5.74) is 21.9. The van der Waals surface area contributed by atoms with Crippen molar-refractivity contribution in [1.29, 1.82) is 0 Å². The molecule has 0 unspecified atom stereocenters. The third-order valence-corrected chi connectivity index (χ3v) is 13.6. The van der Waals surface area contributed by atoms with E-state index in [1.54, 1.807) is 0 Å². The van der Waals surface area contributed by atoms with Crippen LogP contribution in [0.1, 0.15) is 22.3 Å². The molecule has 1 heterocycles. The molecule has 0 bridgehead atoms. The minimum absolute atomic E-state index is 0.473. The average molecular weight is 801 g/mol. The third kappa shape index (κ3) is 5.19. The zero-order valence-electron chi connectivity index (χ0n) is 34.5. The summed E-state index contributed by atoms with van der Waals surface area (Å²) in [6.45, 7) is 0. The van der Waals surface area contributed by atoms with E-state index >= 15 is 0 Å². The van der Waals surface area contributed by atoms with E-state index in [1.165, 1.54) is 88.6 Å². The summed E-state index contributed by atoms with van der Waals surface area (Å²) in [5.74, 6) is 0. The average Bonchev–Trinajstić information content (AvgIpc) is 3.97. The lowest BCUT2D eigenvalue weighted by Crippen LogP contribution is -2.26. The van der Waals surface area contributed by atoms with E-state index in [1.807, 2.05) is 0 Å². The number of benzene rings is 10. The SMILES string of the molecule is c1ccc(-c2ccc(N(c3ccc(-c4ccccc4)cc3)c3ccc(-n4c5ccccc5c5ccc6c(c54)C4(c5ccccc5-c5ccccc54)c4ccccc4-6)cc3)cc2)cc1. The molecule has 2 aliphatic rings. The van der Waals surface area contributed by atoms with Crippen LogP contribution in [-0.2, 0) is 5.41 Å². The standard InChI is InChI=1S/C61H40N2/c1-3-15-41(16-4-1)43-27-31-45(32-28-43)62(46-33-29-44(30-34-46)42-17-5-2-6-18-42)47-35-37-48(38-36-47)63-58-26-14-10-22-52(58)54-40-39-53-51-21-9-13-25-57(51)61(59(53)60(54)63)55-23-11-7-19-49(55)50-20-8-12-24-56(50)61/h1-40H. The molecule has 11 aromatic rings. The van der Waals surface area contributed by atoms with Crippen LogP contribution in [0.2, 0.25) is 0 Å². The number of aromatic nitrogens is 1. The van der Waals surface area contributed by atoms with Crippen LogP contribution in [0, 0.1) is 0 Å². The van der Waals surface area contributed by atoms with Gasteiger partial charge in [-0.1, -0.05) is 188 Å². The molecule has 0 saturated carbocycles. The van der Waals surface area contributed by atoms with Crippen molar-refractivity contribution in [1.82, 2.24) is 4.57 Å². The maximum absolute atomic E-state index is 2.54. The van der Waals surface area contributed by atoms with Crippen LogP contribution < -0.4 is 4.90 Å². The van der Waals surface area contributed by atoms with E-state index in [9.17, 15) is 0 Å². The number of para-hydroxylation sites is 1.